The number of amides is 2. The SMILES string of the molecule is Cc1cc(N2C(=O)c3cccc(OCC4CO4)c3C2=O)cc(C)c1OCC1CO1. The molecule has 3 heterocycles. The fourth-order valence-electron chi connectivity index (χ4n) is 3.58. The summed E-state index contributed by atoms with van der Waals surface area (Å²) < 4.78 is 21.9. The van der Waals surface area contributed by atoms with Gasteiger partial charge in [0.1, 0.15) is 36.9 Å². The molecule has 7 nitrogen and oxygen atoms in total. The number of epoxide rings is 2. The molecule has 2 fully saturated rings. The lowest BCUT2D eigenvalue weighted by Gasteiger charge is -2.18. The van der Waals surface area contributed by atoms with Crippen molar-refractivity contribution in [1.82, 2.24) is 0 Å². The van der Waals surface area contributed by atoms with Crippen LogP contribution in [0.25, 0.3) is 0 Å². The van der Waals surface area contributed by atoms with Crippen molar-refractivity contribution in [2.24, 2.45) is 0 Å². The fourth-order valence-corrected chi connectivity index (χ4v) is 3.58. The zero-order chi connectivity index (χ0) is 20.1. The Balaban J connectivity index is 1.44. The van der Waals surface area contributed by atoms with E-state index in [4.69, 9.17) is 18.9 Å². The molecule has 29 heavy (non-hydrogen) atoms. The molecule has 5 rings (SSSR count). The number of aryl methyl sites for hydroxylation is 2. The number of carbonyl (C=O) groups excluding carboxylic acids is 2. The molecular weight excluding hydrogens is 374 g/mol. The van der Waals surface area contributed by atoms with Gasteiger partial charge in [-0.25, -0.2) is 4.90 Å². The molecule has 2 amide bonds. The highest BCUT2D eigenvalue weighted by atomic mass is 16.6. The molecule has 2 saturated heterocycles. The third-order valence-corrected chi connectivity index (χ3v) is 5.22. The maximum Gasteiger partial charge on any atom is 0.269 e. The van der Waals surface area contributed by atoms with Gasteiger partial charge in [0.2, 0.25) is 0 Å². The number of carbonyl (C=O) groups is 2. The number of fused-ring (bicyclic) bond motifs is 1. The van der Waals surface area contributed by atoms with Gasteiger partial charge in [0.05, 0.1) is 30.0 Å². The van der Waals surface area contributed by atoms with Gasteiger partial charge in [0.15, 0.2) is 0 Å². The Hall–Kier alpha value is -2.90. The van der Waals surface area contributed by atoms with E-state index in [1.165, 1.54) is 4.90 Å². The van der Waals surface area contributed by atoms with Crippen LogP contribution in [0.15, 0.2) is 30.3 Å². The standard InChI is InChI=1S/C22H21NO6/c1-12-6-14(7-13(2)20(12)29-11-16-9-27-16)23-21(24)17-4-3-5-18(19(17)22(23)25)28-10-15-8-26-15/h3-7,15-16H,8-11H2,1-2H3. The fraction of sp³-hybridized carbons (Fsp3) is 0.364. The predicted molar refractivity (Wildman–Crippen MR) is 104 cm³/mol. The monoisotopic (exact) mass is 395 g/mol. The summed E-state index contributed by atoms with van der Waals surface area (Å²) in [5.41, 5.74) is 2.90. The third-order valence-electron chi connectivity index (χ3n) is 5.22. The van der Waals surface area contributed by atoms with Crippen LogP contribution in [-0.4, -0.2) is 50.4 Å². The molecular formula is C22H21NO6. The average Bonchev–Trinajstić information content (AvgIpc) is 3.60. The van der Waals surface area contributed by atoms with Crippen molar-refractivity contribution >= 4 is 17.5 Å². The predicted octanol–water partition coefficient (Wildman–Crippen LogP) is 2.66. The van der Waals surface area contributed by atoms with E-state index < -0.39 is 0 Å². The Morgan fingerprint density at radius 1 is 0.966 bits per heavy atom. The molecule has 2 atom stereocenters. The van der Waals surface area contributed by atoms with Crippen molar-refractivity contribution in [2.75, 3.05) is 31.3 Å². The van der Waals surface area contributed by atoms with Crippen LogP contribution in [0.3, 0.4) is 0 Å². The molecule has 2 aromatic rings. The molecule has 3 aliphatic rings. The van der Waals surface area contributed by atoms with Gasteiger partial charge in [-0.15, -0.1) is 0 Å². The Bertz CT molecular complexity index is 985. The smallest absolute Gasteiger partial charge is 0.269 e. The van der Waals surface area contributed by atoms with Crippen molar-refractivity contribution in [3.8, 4) is 11.5 Å². The summed E-state index contributed by atoms with van der Waals surface area (Å²) in [7, 11) is 0. The third kappa shape index (κ3) is 3.36. The van der Waals surface area contributed by atoms with E-state index in [1.807, 2.05) is 13.8 Å². The van der Waals surface area contributed by atoms with Crippen LogP contribution in [0.4, 0.5) is 5.69 Å². The molecule has 0 aromatic heterocycles. The summed E-state index contributed by atoms with van der Waals surface area (Å²) >= 11 is 0. The van der Waals surface area contributed by atoms with Crippen molar-refractivity contribution in [3.63, 3.8) is 0 Å². The summed E-state index contributed by atoms with van der Waals surface area (Å²) in [6.45, 7) is 6.06. The molecule has 0 bridgehead atoms. The Kier molecular flexibility index (Phi) is 4.29. The second-order valence-electron chi connectivity index (χ2n) is 7.57. The Labute approximate surface area is 168 Å². The van der Waals surface area contributed by atoms with Gasteiger partial charge in [-0.3, -0.25) is 9.59 Å². The van der Waals surface area contributed by atoms with Crippen molar-refractivity contribution in [1.29, 1.82) is 0 Å². The molecule has 150 valence electrons. The molecule has 0 aliphatic carbocycles. The quantitative estimate of drug-likeness (QED) is 0.530. The van der Waals surface area contributed by atoms with Gasteiger partial charge < -0.3 is 18.9 Å². The van der Waals surface area contributed by atoms with Gasteiger partial charge in [0.25, 0.3) is 11.8 Å². The highest BCUT2D eigenvalue weighted by Crippen LogP contribution is 2.37. The summed E-state index contributed by atoms with van der Waals surface area (Å²) in [6.07, 6.45) is 0.220. The van der Waals surface area contributed by atoms with Crippen LogP contribution < -0.4 is 14.4 Å². The van der Waals surface area contributed by atoms with Crippen LogP contribution in [0.5, 0.6) is 11.5 Å². The van der Waals surface area contributed by atoms with Gasteiger partial charge in [-0.1, -0.05) is 6.07 Å². The molecule has 2 unspecified atom stereocenters. The summed E-state index contributed by atoms with van der Waals surface area (Å²) in [5, 5.41) is 0. The largest absolute Gasteiger partial charge is 0.490 e. The van der Waals surface area contributed by atoms with Crippen LogP contribution in [0, 0.1) is 13.8 Å². The number of hydrogen-bond donors (Lipinski definition) is 0. The van der Waals surface area contributed by atoms with Gasteiger partial charge >= 0.3 is 0 Å². The summed E-state index contributed by atoms with van der Waals surface area (Å²) in [5.74, 6) is 0.444. The zero-order valence-corrected chi connectivity index (χ0v) is 16.3. The molecule has 0 radical (unpaired) electrons. The van der Waals surface area contributed by atoms with Gasteiger partial charge in [-0.05, 0) is 49.2 Å². The number of ether oxygens (including phenoxy) is 4. The highest BCUT2D eigenvalue weighted by Gasteiger charge is 2.40. The summed E-state index contributed by atoms with van der Waals surface area (Å²) in [6, 6.07) is 8.70. The maximum atomic E-state index is 13.2. The minimum absolute atomic E-state index is 0.0630. The maximum absolute atomic E-state index is 13.2. The lowest BCUT2D eigenvalue weighted by Crippen LogP contribution is -2.29. The number of imide groups is 1. The van der Waals surface area contributed by atoms with E-state index in [9.17, 15) is 9.59 Å². The lowest BCUT2D eigenvalue weighted by molar-refractivity contribution is 0.0925. The van der Waals surface area contributed by atoms with E-state index in [0.29, 0.717) is 42.4 Å². The molecule has 3 aliphatic heterocycles. The second-order valence-corrected chi connectivity index (χ2v) is 7.57. The molecule has 0 N–H and O–H groups in total. The van der Waals surface area contributed by atoms with Crippen LogP contribution in [-0.2, 0) is 9.47 Å². The minimum atomic E-state index is -0.379. The first-order chi connectivity index (χ1) is 14.0. The first-order valence-electron chi connectivity index (χ1n) is 9.65. The minimum Gasteiger partial charge on any atom is -0.490 e. The van der Waals surface area contributed by atoms with Crippen LogP contribution in [0.2, 0.25) is 0 Å². The van der Waals surface area contributed by atoms with Crippen molar-refractivity contribution in [3.05, 3.63) is 52.6 Å². The highest BCUT2D eigenvalue weighted by molar-refractivity contribution is 6.35. The molecule has 0 saturated carbocycles. The van der Waals surface area contributed by atoms with Gasteiger partial charge in [-0.2, -0.15) is 0 Å². The lowest BCUT2D eigenvalue weighted by atomic mass is 10.1. The molecule has 2 aromatic carbocycles. The zero-order valence-electron chi connectivity index (χ0n) is 16.3. The van der Waals surface area contributed by atoms with Crippen LogP contribution >= 0.6 is 0 Å². The van der Waals surface area contributed by atoms with E-state index in [1.54, 1.807) is 30.3 Å². The summed E-state index contributed by atoms with van der Waals surface area (Å²) in [4.78, 5) is 27.4. The van der Waals surface area contributed by atoms with E-state index >= 15 is 0 Å². The Morgan fingerprint density at radius 3 is 2.21 bits per heavy atom. The van der Waals surface area contributed by atoms with Crippen LogP contribution in [0.1, 0.15) is 31.8 Å². The normalized spacial score (nSPS) is 21.9. The van der Waals surface area contributed by atoms with Crippen molar-refractivity contribution in [2.45, 2.75) is 26.1 Å². The number of rotatable bonds is 7. The number of nitrogens with zero attached hydrogens (tertiary/aromatic N) is 1. The molecule has 7 heteroatoms. The van der Waals surface area contributed by atoms with Gasteiger partial charge in [0, 0.05) is 0 Å². The topological polar surface area (TPSA) is 80.9 Å². The second kappa shape index (κ2) is 6.86. The average molecular weight is 395 g/mol. The number of hydrogen-bond acceptors (Lipinski definition) is 6. The number of anilines is 1. The van der Waals surface area contributed by atoms with E-state index in [-0.39, 0.29) is 24.0 Å². The van der Waals surface area contributed by atoms with E-state index in [2.05, 4.69) is 0 Å². The van der Waals surface area contributed by atoms with Crippen molar-refractivity contribution < 1.29 is 28.5 Å². The first-order valence-corrected chi connectivity index (χ1v) is 9.65. The Morgan fingerprint density at radius 2 is 1.59 bits per heavy atom. The molecule has 0 spiro atoms. The number of benzene rings is 2. The van der Waals surface area contributed by atoms with E-state index in [0.717, 1.165) is 23.5 Å². The first kappa shape index (κ1) is 18.1.